The van der Waals surface area contributed by atoms with Gasteiger partial charge in [-0.1, -0.05) is 6.07 Å². The number of esters is 1. The van der Waals surface area contributed by atoms with Gasteiger partial charge in [-0.05, 0) is 31.5 Å². The van der Waals surface area contributed by atoms with Crippen LogP contribution in [0.4, 0.5) is 13.2 Å². The first-order chi connectivity index (χ1) is 12.6. The molecule has 0 saturated carbocycles. The van der Waals surface area contributed by atoms with Crippen molar-refractivity contribution in [3.63, 3.8) is 0 Å². The van der Waals surface area contributed by atoms with E-state index in [1.165, 1.54) is 35.0 Å². The van der Waals surface area contributed by atoms with Gasteiger partial charge in [0.25, 0.3) is 5.91 Å². The Kier molecular flexibility index (Phi) is 6.24. The van der Waals surface area contributed by atoms with Crippen LogP contribution in [0.5, 0.6) is 0 Å². The molecule has 0 radical (unpaired) electrons. The Labute approximate surface area is 154 Å². The van der Waals surface area contributed by atoms with Crippen molar-refractivity contribution in [2.75, 3.05) is 20.7 Å². The first-order valence-electron chi connectivity index (χ1n) is 8.19. The second-order valence-electron chi connectivity index (χ2n) is 6.01. The van der Waals surface area contributed by atoms with Crippen LogP contribution in [0.3, 0.4) is 0 Å². The zero-order valence-corrected chi connectivity index (χ0v) is 15.2. The Bertz CT molecular complexity index is 831. The van der Waals surface area contributed by atoms with Crippen LogP contribution in [0, 0.1) is 6.92 Å². The van der Waals surface area contributed by atoms with E-state index in [4.69, 9.17) is 0 Å². The molecule has 27 heavy (non-hydrogen) atoms. The fourth-order valence-electron chi connectivity index (χ4n) is 2.56. The van der Waals surface area contributed by atoms with Gasteiger partial charge in [-0.2, -0.15) is 18.3 Å². The first-order valence-corrected chi connectivity index (χ1v) is 8.19. The summed E-state index contributed by atoms with van der Waals surface area (Å²) in [5, 5.41) is 4.06. The zero-order valence-electron chi connectivity index (χ0n) is 15.2. The normalized spacial score (nSPS) is 11.3. The molecular formula is C18H20F3N3O3. The van der Waals surface area contributed by atoms with E-state index in [0.29, 0.717) is 18.7 Å². The van der Waals surface area contributed by atoms with Crippen LogP contribution in [0.15, 0.2) is 30.5 Å². The summed E-state index contributed by atoms with van der Waals surface area (Å²) in [5.74, 6) is -0.681. The molecule has 0 saturated heterocycles. The molecule has 2 rings (SSSR count). The summed E-state index contributed by atoms with van der Waals surface area (Å²) in [7, 11) is 2.88. The Morgan fingerprint density at radius 3 is 2.63 bits per heavy atom. The number of hydrogen-bond donors (Lipinski definition) is 0. The van der Waals surface area contributed by atoms with Gasteiger partial charge in [0, 0.05) is 20.0 Å². The lowest BCUT2D eigenvalue weighted by molar-refractivity contribution is -0.141. The molecule has 0 atom stereocenters. The maximum atomic E-state index is 12.9. The van der Waals surface area contributed by atoms with Gasteiger partial charge in [0.05, 0.1) is 35.8 Å². The highest BCUT2D eigenvalue weighted by molar-refractivity contribution is 5.95. The number of benzene rings is 1. The molecule has 0 aliphatic rings. The smallest absolute Gasteiger partial charge is 0.416 e. The predicted molar refractivity (Wildman–Crippen MR) is 91.5 cm³/mol. The van der Waals surface area contributed by atoms with Crippen LogP contribution < -0.4 is 0 Å². The quantitative estimate of drug-likeness (QED) is 0.719. The summed E-state index contributed by atoms with van der Waals surface area (Å²) in [5.41, 5.74) is 0.143. The Morgan fingerprint density at radius 1 is 1.30 bits per heavy atom. The van der Waals surface area contributed by atoms with Crippen molar-refractivity contribution in [3.05, 3.63) is 47.3 Å². The van der Waals surface area contributed by atoms with E-state index >= 15 is 0 Å². The van der Waals surface area contributed by atoms with E-state index in [0.717, 1.165) is 12.1 Å². The van der Waals surface area contributed by atoms with Gasteiger partial charge in [0.1, 0.15) is 0 Å². The summed E-state index contributed by atoms with van der Waals surface area (Å²) in [4.78, 5) is 25.1. The number of amides is 1. The summed E-state index contributed by atoms with van der Waals surface area (Å²) >= 11 is 0. The second kappa shape index (κ2) is 8.24. The lowest BCUT2D eigenvalue weighted by Gasteiger charge is -2.16. The van der Waals surface area contributed by atoms with Crippen LogP contribution in [0.25, 0.3) is 5.69 Å². The van der Waals surface area contributed by atoms with Gasteiger partial charge in [0.15, 0.2) is 0 Å². The maximum absolute atomic E-state index is 12.9. The van der Waals surface area contributed by atoms with E-state index in [2.05, 4.69) is 9.84 Å². The van der Waals surface area contributed by atoms with Crippen LogP contribution >= 0.6 is 0 Å². The third-order valence-corrected chi connectivity index (χ3v) is 4.11. The van der Waals surface area contributed by atoms with Crippen LogP contribution in [0.1, 0.15) is 34.5 Å². The number of halogens is 3. The minimum Gasteiger partial charge on any atom is -0.469 e. The molecule has 0 spiro atoms. The molecule has 0 aliphatic heterocycles. The summed E-state index contributed by atoms with van der Waals surface area (Å²) in [6.45, 7) is 1.95. The summed E-state index contributed by atoms with van der Waals surface area (Å²) < 4.78 is 44.5. The highest BCUT2D eigenvalue weighted by atomic mass is 19.4. The molecule has 9 heteroatoms. The molecule has 1 aromatic carbocycles. The third kappa shape index (κ3) is 4.87. The van der Waals surface area contributed by atoms with Crippen LogP contribution in [-0.4, -0.2) is 47.3 Å². The highest BCUT2D eigenvalue weighted by Crippen LogP contribution is 2.30. The van der Waals surface area contributed by atoms with Crippen LogP contribution in [-0.2, 0) is 15.7 Å². The monoisotopic (exact) mass is 383 g/mol. The van der Waals surface area contributed by atoms with Gasteiger partial charge in [-0.25, -0.2) is 4.68 Å². The van der Waals surface area contributed by atoms with Crippen molar-refractivity contribution in [1.29, 1.82) is 0 Å². The Morgan fingerprint density at radius 2 is 2.00 bits per heavy atom. The predicted octanol–water partition coefficient (Wildman–Crippen LogP) is 3.22. The average molecular weight is 383 g/mol. The van der Waals surface area contributed by atoms with Gasteiger partial charge in [0.2, 0.25) is 0 Å². The minimum atomic E-state index is -4.46. The largest absolute Gasteiger partial charge is 0.469 e. The summed E-state index contributed by atoms with van der Waals surface area (Å²) in [6, 6.07) is 4.74. The average Bonchev–Trinajstić information content (AvgIpc) is 3.01. The zero-order chi connectivity index (χ0) is 20.2. The molecule has 1 aromatic heterocycles. The van der Waals surface area contributed by atoms with Gasteiger partial charge in [-0.3, -0.25) is 9.59 Å². The maximum Gasteiger partial charge on any atom is 0.416 e. The van der Waals surface area contributed by atoms with Crippen molar-refractivity contribution < 1.29 is 27.5 Å². The van der Waals surface area contributed by atoms with E-state index in [-0.39, 0.29) is 29.5 Å². The molecule has 1 amide bonds. The van der Waals surface area contributed by atoms with Crippen molar-refractivity contribution in [1.82, 2.24) is 14.7 Å². The number of methoxy groups -OCH3 is 1. The van der Waals surface area contributed by atoms with Gasteiger partial charge in [-0.15, -0.1) is 0 Å². The SMILES string of the molecule is COC(=O)CCCN(C)C(=O)c1cnn(-c2cccc(C(F)(F)F)c2)c1C. The van der Waals surface area contributed by atoms with E-state index in [1.807, 2.05) is 0 Å². The lowest BCUT2D eigenvalue weighted by Crippen LogP contribution is -2.28. The van der Waals surface area contributed by atoms with Gasteiger partial charge >= 0.3 is 12.1 Å². The molecule has 0 N–H and O–H groups in total. The number of hydrogen-bond acceptors (Lipinski definition) is 4. The minimum absolute atomic E-state index is 0.191. The highest BCUT2D eigenvalue weighted by Gasteiger charge is 2.30. The third-order valence-electron chi connectivity index (χ3n) is 4.11. The van der Waals surface area contributed by atoms with Gasteiger partial charge < -0.3 is 9.64 Å². The number of ether oxygens (including phenoxy) is 1. The van der Waals surface area contributed by atoms with Crippen molar-refractivity contribution in [3.8, 4) is 5.69 Å². The number of aromatic nitrogens is 2. The van der Waals surface area contributed by atoms with Crippen molar-refractivity contribution in [2.24, 2.45) is 0 Å². The molecule has 2 aromatic rings. The summed E-state index contributed by atoms with van der Waals surface area (Å²) in [6.07, 6.45) is -2.50. The molecule has 0 aliphatic carbocycles. The first kappa shape index (κ1) is 20.5. The van der Waals surface area contributed by atoms with Crippen molar-refractivity contribution in [2.45, 2.75) is 25.9 Å². The van der Waals surface area contributed by atoms with E-state index < -0.39 is 11.7 Å². The van der Waals surface area contributed by atoms with Crippen LogP contribution in [0.2, 0.25) is 0 Å². The standard InChI is InChI=1S/C18H20F3N3O3/c1-12-15(17(26)23(2)9-5-8-16(25)27-3)11-22-24(12)14-7-4-6-13(10-14)18(19,20)21/h4,6-7,10-11H,5,8-9H2,1-3H3. The lowest BCUT2D eigenvalue weighted by atomic mass is 10.2. The number of carbonyl (C=O) groups excluding carboxylic acids is 2. The number of alkyl halides is 3. The Balaban J connectivity index is 2.17. The molecular weight excluding hydrogens is 363 g/mol. The van der Waals surface area contributed by atoms with E-state index in [9.17, 15) is 22.8 Å². The van der Waals surface area contributed by atoms with Crippen molar-refractivity contribution >= 4 is 11.9 Å². The second-order valence-corrected chi connectivity index (χ2v) is 6.01. The van der Waals surface area contributed by atoms with E-state index in [1.54, 1.807) is 14.0 Å². The Hall–Kier alpha value is -2.84. The molecule has 146 valence electrons. The molecule has 0 unspecified atom stereocenters. The fourth-order valence-corrected chi connectivity index (χ4v) is 2.56. The number of carbonyl (C=O) groups is 2. The molecule has 0 fully saturated rings. The molecule has 0 bridgehead atoms. The fraction of sp³-hybridized carbons (Fsp3) is 0.389. The topological polar surface area (TPSA) is 64.4 Å². The molecule has 1 heterocycles. The molecule has 6 nitrogen and oxygen atoms in total. The number of nitrogens with zero attached hydrogens (tertiary/aromatic N) is 3. The number of rotatable bonds is 6.